The molecule has 2 N–H and O–H groups in total. The maximum atomic E-state index is 5.95. The SMILES string of the molecule is CC(C)CC(C)(CN)N(C)Cc1ccsc1. The first-order valence-corrected chi connectivity index (χ1v) is 6.84. The van der Waals surface area contributed by atoms with Crippen LogP contribution in [0.15, 0.2) is 16.8 Å². The fourth-order valence-electron chi connectivity index (χ4n) is 2.12. The monoisotopic (exact) mass is 240 g/mol. The van der Waals surface area contributed by atoms with E-state index in [9.17, 15) is 0 Å². The molecular weight excluding hydrogens is 216 g/mol. The Kier molecular flexibility index (Phi) is 4.96. The summed E-state index contributed by atoms with van der Waals surface area (Å²) in [6.07, 6.45) is 1.14. The van der Waals surface area contributed by atoms with Gasteiger partial charge in [0.1, 0.15) is 0 Å². The van der Waals surface area contributed by atoms with Crippen molar-refractivity contribution in [3.63, 3.8) is 0 Å². The standard InChI is InChI=1S/C13H24N2S/c1-11(2)7-13(3,10-14)15(4)8-12-5-6-16-9-12/h5-6,9,11H,7-8,10,14H2,1-4H3. The number of nitrogens with zero attached hydrogens (tertiary/aromatic N) is 1. The summed E-state index contributed by atoms with van der Waals surface area (Å²) in [6.45, 7) is 8.48. The molecule has 1 aromatic heterocycles. The lowest BCUT2D eigenvalue weighted by Crippen LogP contribution is -2.50. The van der Waals surface area contributed by atoms with Crippen LogP contribution in [0.25, 0.3) is 0 Å². The third-order valence-corrected chi connectivity index (χ3v) is 3.94. The molecule has 92 valence electrons. The Morgan fingerprint density at radius 2 is 2.19 bits per heavy atom. The Labute approximate surface area is 103 Å². The van der Waals surface area contributed by atoms with Crippen LogP contribution in [0.3, 0.4) is 0 Å². The van der Waals surface area contributed by atoms with Crippen LogP contribution in [0.5, 0.6) is 0 Å². The van der Waals surface area contributed by atoms with Crippen molar-refractivity contribution in [2.45, 2.75) is 39.3 Å². The van der Waals surface area contributed by atoms with E-state index in [0.29, 0.717) is 12.5 Å². The highest BCUT2D eigenvalue weighted by atomic mass is 32.1. The first-order valence-electron chi connectivity index (χ1n) is 5.90. The molecule has 0 aliphatic rings. The highest BCUT2D eigenvalue weighted by Gasteiger charge is 2.28. The summed E-state index contributed by atoms with van der Waals surface area (Å²) in [4.78, 5) is 2.38. The van der Waals surface area contributed by atoms with Crippen LogP contribution in [-0.4, -0.2) is 24.0 Å². The Morgan fingerprint density at radius 3 is 2.62 bits per heavy atom. The molecule has 2 nitrogen and oxygen atoms in total. The molecule has 0 saturated heterocycles. The van der Waals surface area contributed by atoms with Crippen molar-refractivity contribution in [1.82, 2.24) is 4.90 Å². The third kappa shape index (κ3) is 3.58. The molecule has 1 aromatic rings. The van der Waals surface area contributed by atoms with E-state index >= 15 is 0 Å². The van der Waals surface area contributed by atoms with E-state index in [-0.39, 0.29) is 5.54 Å². The number of nitrogens with two attached hydrogens (primary N) is 1. The average molecular weight is 240 g/mol. The van der Waals surface area contributed by atoms with Gasteiger partial charge in [-0.2, -0.15) is 11.3 Å². The van der Waals surface area contributed by atoms with Crippen LogP contribution in [0.4, 0.5) is 0 Å². The molecule has 1 unspecified atom stereocenters. The van der Waals surface area contributed by atoms with Gasteiger partial charge < -0.3 is 5.73 Å². The van der Waals surface area contributed by atoms with Crippen molar-refractivity contribution in [2.24, 2.45) is 11.7 Å². The van der Waals surface area contributed by atoms with Crippen molar-refractivity contribution in [3.8, 4) is 0 Å². The van der Waals surface area contributed by atoms with E-state index in [0.717, 1.165) is 13.0 Å². The smallest absolute Gasteiger partial charge is 0.0306 e. The quantitative estimate of drug-likeness (QED) is 0.828. The summed E-state index contributed by atoms with van der Waals surface area (Å²) in [5.41, 5.74) is 7.44. The molecule has 3 heteroatoms. The Balaban J connectivity index is 2.64. The van der Waals surface area contributed by atoms with E-state index in [2.05, 4.69) is 49.5 Å². The van der Waals surface area contributed by atoms with Crippen LogP contribution in [-0.2, 0) is 6.54 Å². The number of hydrogen-bond acceptors (Lipinski definition) is 3. The number of likely N-dealkylation sites (N-methyl/N-ethyl adjacent to an activating group) is 1. The van der Waals surface area contributed by atoms with E-state index < -0.39 is 0 Å². The number of rotatable bonds is 6. The molecule has 0 aliphatic heterocycles. The van der Waals surface area contributed by atoms with E-state index in [4.69, 9.17) is 5.73 Å². The Morgan fingerprint density at radius 1 is 1.50 bits per heavy atom. The van der Waals surface area contributed by atoms with Gasteiger partial charge in [0.05, 0.1) is 0 Å². The predicted molar refractivity (Wildman–Crippen MR) is 72.7 cm³/mol. The molecular formula is C13H24N2S. The summed E-state index contributed by atoms with van der Waals surface area (Å²) in [7, 11) is 2.17. The highest BCUT2D eigenvalue weighted by molar-refractivity contribution is 7.07. The second kappa shape index (κ2) is 5.80. The topological polar surface area (TPSA) is 29.3 Å². The average Bonchev–Trinajstić information content (AvgIpc) is 2.69. The maximum absolute atomic E-state index is 5.95. The minimum Gasteiger partial charge on any atom is -0.329 e. The summed E-state index contributed by atoms with van der Waals surface area (Å²) in [6, 6.07) is 2.19. The first kappa shape index (κ1) is 13.7. The summed E-state index contributed by atoms with van der Waals surface area (Å²) in [5, 5.41) is 4.34. The van der Waals surface area contributed by atoms with Gasteiger partial charge in [-0.15, -0.1) is 0 Å². The van der Waals surface area contributed by atoms with Crippen molar-refractivity contribution in [3.05, 3.63) is 22.4 Å². The second-order valence-electron chi connectivity index (χ2n) is 5.29. The first-order chi connectivity index (χ1) is 7.48. The fourth-order valence-corrected chi connectivity index (χ4v) is 2.78. The van der Waals surface area contributed by atoms with Gasteiger partial charge in [0.2, 0.25) is 0 Å². The molecule has 0 bridgehead atoms. The minimum absolute atomic E-state index is 0.107. The van der Waals surface area contributed by atoms with Gasteiger partial charge in [-0.25, -0.2) is 0 Å². The van der Waals surface area contributed by atoms with Crippen LogP contribution < -0.4 is 5.73 Å². The lowest BCUT2D eigenvalue weighted by atomic mass is 9.89. The van der Waals surface area contributed by atoms with Crippen LogP contribution >= 0.6 is 11.3 Å². The van der Waals surface area contributed by atoms with Crippen LogP contribution in [0.1, 0.15) is 32.8 Å². The Hall–Kier alpha value is -0.380. The van der Waals surface area contributed by atoms with Crippen molar-refractivity contribution in [2.75, 3.05) is 13.6 Å². The minimum atomic E-state index is 0.107. The second-order valence-corrected chi connectivity index (χ2v) is 6.07. The van der Waals surface area contributed by atoms with E-state index in [1.165, 1.54) is 5.56 Å². The maximum Gasteiger partial charge on any atom is 0.0306 e. The molecule has 0 amide bonds. The van der Waals surface area contributed by atoms with Gasteiger partial charge in [-0.05, 0) is 48.7 Å². The van der Waals surface area contributed by atoms with E-state index in [1.54, 1.807) is 11.3 Å². The molecule has 0 aliphatic carbocycles. The van der Waals surface area contributed by atoms with Gasteiger partial charge in [-0.3, -0.25) is 4.90 Å². The van der Waals surface area contributed by atoms with Gasteiger partial charge >= 0.3 is 0 Å². The lowest BCUT2D eigenvalue weighted by molar-refractivity contribution is 0.112. The molecule has 0 fully saturated rings. The van der Waals surface area contributed by atoms with Gasteiger partial charge in [-0.1, -0.05) is 13.8 Å². The molecule has 0 saturated carbocycles. The molecule has 1 heterocycles. The van der Waals surface area contributed by atoms with Crippen molar-refractivity contribution >= 4 is 11.3 Å². The molecule has 1 atom stereocenters. The summed E-state index contributed by atoms with van der Waals surface area (Å²) >= 11 is 1.76. The molecule has 16 heavy (non-hydrogen) atoms. The number of thiophene rings is 1. The van der Waals surface area contributed by atoms with Crippen LogP contribution in [0, 0.1) is 5.92 Å². The van der Waals surface area contributed by atoms with E-state index in [1.807, 2.05) is 0 Å². The predicted octanol–water partition coefficient (Wildman–Crippen LogP) is 2.94. The summed E-state index contributed by atoms with van der Waals surface area (Å²) in [5.74, 6) is 0.679. The zero-order chi connectivity index (χ0) is 12.2. The normalized spacial score (nSPS) is 15.7. The third-order valence-electron chi connectivity index (χ3n) is 3.21. The molecule has 0 spiro atoms. The zero-order valence-corrected chi connectivity index (χ0v) is 11.7. The largest absolute Gasteiger partial charge is 0.329 e. The fraction of sp³-hybridized carbons (Fsp3) is 0.692. The summed E-state index contributed by atoms with van der Waals surface area (Å²) < 4.78 is 0. The molecule has 1 rings (SSSR count). The number of hydrogen-bond donors (Lipinski definition) is 1. The van der Waals surface area contributed by atoms with Crippen LogP contribution in [0.2, 0.25) is 0 Å². The van der Waals surface area contributed by atoms with Gasteiger partial charge in [0, 0.05) is 18.6 Å². The highest BCUT2D eigenvalue weighted by Crippen LogP contribution is 2.24. The van der Waals surface area contributed by atoms with Crippen molar-refractivity contribution < 1.29 is 0 Å². The zero-order valence-electron chi connectivity index (χ0n) is 10.9. The van der Waals surface area contributed by atoms with Crippen molar-refractivity contribution in [1.29, 1.82) is 0 Å². The lowest BCUT2D eigenvalue weighted by Gasteiger charge is -2.39. The van der Waals surface area contributed by atoms with Gasteiger partial charge in [0.25, 0.3) is 0 Å². The molecule has 0 radical (unpaired) electrons. The Bertz CT molecular complexity index is 295. The molecule has 0 aromatic carbocycles. The van der Waals surface area contributed by atoms with Gasteiger partial charge in [0.15, 0.2) is 0 Å².